The number of benzene rings is 1. The van der Waals surface area contributed by atoms with Crippen LogP contribution in [0.5, 0.6) is 0 Å². The summed E-state index contributed by atoms with van der Waals surface area (Å²) in [4.78, 5) is 4.35. The lowest BCUT2D eigenvalue weighted by Gasteiger charge is -2.07. The van der Waals surface area contributed by atoms with Crippen LogP contribution in [0.25, 0.3) is 10.8 Å². The smallest absolute Gasteiger partial charge is 0.0497 e. The molecule has 1 aromatic carbocycles. The molecule has 1 unspecified atom stereocenters. The summed E-state index contributed by atoms with van der Waals surface area (Å²) in [6, 6.07) is 7.92. The summed E-state index contributed by atoms with van der Waals surface area (Å²) in [7, 11) is 0. The zero-order valence-corrected chi connectivity index (χ0v) is 9.33. The van der Waals surface area contributed by atoms with Crippen LogP contribution in [0.3, 0.4) is 0 Å². The Morgan fingerprint density at radius 1 is 1.40 bits per heavy atom. The van der Waals surface area contributed by atoms with Crippen molar-refractivity contribution in [1.29, 1.82) is 0 Å². The minimum atomic E-state index is 0.124. The molecule has 78 valence electrons. The van der Waals surface area contributed by atoms with Gasteiger partial charge in [-0.2, -0.15) is 0 Å². The number of hydrogen-bond donors (Lipinski definition) is 1. The van der Waals surface area contributed by atoms with Crippen LogP contribution in [0.15, 0.2) is 30.5 Å². The molecule has 0 spiro atoms. The van der Waals surface area contributed by atoms with Crippen molar-refractivity contribution in [3.63, 3.8) is 0 Å². The highest BCUT2D eigenvalue weighted by Gasteiger charge is 2.04. The van der Waals surface area contributed by atoms with Crippen LogP contribution in [0.4, 0.5) is 0 Å². The van der Waals surface area contributed by atoms with Gasteiger partial charge in [-0.15, -0.1) is 0 Å². The fourth-order valence-electron chi connectivity index (χ4n) is 1.68. The molecule has 1 heterocycles. The van der Waals surface area contributed by atoms with E-state index in [1.54, 1.807) is 6.20 Å². The molecule has 0 aliphatic heterocycles. The number of nitrogens with zero attached hydrogens (tertiary/aromatic N) is 1. The van der Waals surface area contributed by atoms with Gasteiger partial charge in [-0.1, -0.05) is 17.7 Å². The lowest BCUT2D eigenvalue weighted by Crippen LogP contribution is -2.18. The van der Waals surface area contributed by atoms with Crippen LogP contribution in [-0.4, -0.2) is 11.0 Å². The molecular formula is C12H13ClN2. The van der Waals surface area contributed by atoms with E-state index in [9.17, 15) is 0 Å². The van der Waals surface area contributed by atoms with Crippen molar-refractivity contribution in [2.45, 2.75) is 19.4 Å². The maximum Gasteiger partial charge on any atom is 0.0497 e. The number of nitrogens with two attached hydrogens (primary N) is 1. The Hall–Kier alpha value is -1.12. The van der Waals surface area contributed by atoms with Crippen molar-refractivity contribution in [3.05, 3.63) is 41.2 Å². The molecule has 2 rings (SSSR count). The van der Waals surface area contributed by atoms with Crippen molar-refractivity contribution >= 4 is 22.4 Å². The minimum Gasteiger partial charge on any atom is -0.328 e. The van der Waals surface area contributed by atoms with E-state index in [1.165, 1.54) is 0 Å². The molecule has 2 aromatic rings. The molecule has 1 atom stereocenters. The van der Waals surface area contributed by atoms with E-state index in [1.807, 2.05) is 31.2 Å². The monoisotopic (exact) mass is 220 g/mol. The zero-order valence-electron chi connectivity index (χ0n) is 8.57. The Bertz CT molecular complexity index is 480. The summed E-state index contributed by atoms with van der Waals surface area (Å²) in [5, 5.41) is 3.01. The van der Waals surface area contributed by atoms with Gasteiger partial charge in [-0.25, -0.2) is 0 Å². The van der Waals surface area contributed by atoms with Crippen molar-refractivity contribution in [2.75, 3.05) is 0 Å². The predicted octanol–water partition coefficient (Wildman–Crippen LogP) is 2.78. The van der Waals surface area contributed by atoms with E-state index in [-0.39, 0.29) is 6.04 Å². The number of fused-ring (bicyclic) bond motifs is 1. The largest absolute Gasteiger partial charge is 0.328 e. The van der Waals surface area contributed by atoms with E-state index in [4.69, 9.17) is 17.3 Å². The van der Waals surface area contributed by atoms with Crippen LogP contribution in [0.2, 0.25) is 5.02 Å². The van der Waals surface area contributed by atoms with Gasteiger partial charge in [0.15, 0.2) is 0 Å². The van der Waals surface area contributed by atoms with Crippen molar-refractivity contribution in [3.8, 4) is 0 Å². The first kappa shape index (κ1) is 10.4. The lowest BCUT2D eigenvalue weighted by molar-refractivity contribution is 0.727. The first-order valence-corrected chi connectivity index (χ1v) is 5.33. The van der Waals surface area contributed by atoms with Crippen LogP contribution in [-0.2, 0) is 6.42 Å². The molecule has 2 nitrogen and oxygen atoms in total. The van der Waals surface area contributed by atoms with Crippen molar-refractivity contribution in [1.82, 2.24) is 4.98 Å². The third-order valence-electron chi connectivity index (χ3n) is 2.32. The number of rotatable bonds is 2. The normalized spacial score (nSPS) is 13.0. The molecule has 15 heavy (non-hydrogen) atoms. The van der Waals surface area contributed by atoms with Crippen LogP contribution in [0.1, 0.15) is 12.6 Å². The second kappa shape index (κ2) is 4.17. The summed E-state index contributed by atoms with van der Waals surface area (Å²) in [6.45, 7) is 1.98. The van der Waals surface area contributed by atoms with Gasteiger partial charge in [0.2, 0.25) is 0 Å². The van der Waals surface area contributed by atoms with Gasteiger partial charge in [-0.05, 0) is 30.5 Å². The number of aromatic nitrogens is 1. The molecule has 0 aliphatic rings. The summed E-state index contributed by atoms with van der Waals surface area (Å²) < 4.78 is 0. The fraction of sp³-hybridized carbons (Fsp3) is 0.250. The Morgan fingerprint density at radius 3 is 2.93 bits per heavy atom. The third-order valence-corrected chi connectivity index (χ3v) is 2.56. The number of halogens is 1. The summed E-state index contributed by atoms with van der Waals surface area (Å²) in [5.74, 6) is 0. The zero-order chi connectivity index (χ0) is 10.8. The van der Waals surface area contributed by atoms with Gasteiger partial charge in [0, 0.05) is 34.8 Å². The second-order valence-corrected chi connectivity index (χ2v) is 4.24. The van der Waals surface area contributed by atoms with Crippen LogP contribution < -0.4 is 5.73 Å². The quantitative estimate of drug-likeness (QED) is 0.846. The molecule has 0 aliphatic carbocycles. The Kier molecular flexibility index (Phi) is 2.89. The standard InChI is InChI=1S/C12H13ClN2/c1-8(14)6-12-11-3-2-10(13)7-9(11)4-5-15-12/h2-5,7-8H,6,14H2,1H3. The molecule has 0 radical (unpaired) electrons. The van der Waals surface area contributed by atoms with Gasteiger partial charge in [0.25, 0.3) is 0 Å². The highest BCUT2D eigenvalue weighted by Crippen LogP contribution is 2.21. The van der Waals surface area contributed by atoms with Gasteiger partial charge in [0.1, 0.15) is 0 Å². The van der Waals surface area contributed by atoms with E-state index >= 15 is 0 Å². The minimum absolute atomic E-state index is 0.124. The highest BCUT2D eigenvalue weighted by atomic mass is 35.5. The van der Waals surface area contributed by atoms with Crippen LogP contribution in [0, 0.1) is 0 Å². The third kappa shape index (κ3) is 2.28. The van der Waals surface area contributed by atoms with E-state index < -0.39 is 0 Å². The molecule has 0 fully saturated rings. The maximum atomic E-state index is 5.93. The van der Waals surface area contributed by atoms with Crippen LogP contribution >= 0.6 is 11.6 Å². The molecule has 0 amide bonds. The Morgan fingerprint density at radius 2 is 2.20 bits per heavy atom. The van der Waals surface area contributed by atoms with Crippen molar-refractivity contribution in [2.24, 2.45) is 5.73 Å². The molecule has 1 aromatic heterocycles. The Labute approximate surface area is 94.1 Å². The van der Waals surface area contributed by atoms with Gasteiger partial charge in [-0.3, -0.25) is 4.98 Å². The number of pyridine rings is 1. The molecule has 2 N–H and O–H groups in total. The fourth-order valence-corrected chi connectivity index (χ4v) is 1.86. The number of hydrogen-bond acceptors (Lipinski definition) is 2. The summed E-state index contributed by atoms with van der Waals surface area (Å²) in [6.07, 6.45) is 2.59. The summed E-state index contributed by atoms with van der Waals surface area (Å²) in [5.41, 5.74) is 6.82. The highest BCUT2D eigenvalue weighted by molar-refractivity contribution is 6.31. The van der Waals surface area contributed by atoms with Gasteiger partial charge < -0.3 is 5.73 Å². The first-order valence-electron chi connectivity index (χ1n) is 4.95. The first-order chi connectivity index (χ1) is 7.16. The lowest BCUT2D eigenvalue weighted by atomic mass is 10.1. The van der Waals surface area contributed by atoms with Crippen molar-refractivity contribution < 1.29 is 0 Å². The average molecular weight is 221 g/mol. The maximum absolute atomic E-state index is 5.93. The topological polar surface area (TPSA) is 38.9 Å². The molecule has 0 bridgehead atoms. The van der Waals surface area contributed by atoms with Gasteiger partial charge in [0.05, 0.1) is 0 Å². The average Bonchev–Trinajstić information content (AvgIpc) is 2.16. The molecular weight excluding hydrogens is 208 g/mol. The molecule has 0 saturated heterocycles. The molecule has 0 saturated carbocycles. The van der Waals surface area contributed by atoms with Gasteiger partial charge >= 0.3 is 0 Å². The Balaban J connectivity index is 2.56. The SMILES string of the molecule is CC(N)Cc1nccc2cc(Cl)ccc12. The molecule has 3 heteroatoms. The van der Waals surface area contributed by atoms with E-state index in [0.29, 0.717) is 0 Å². The van der Waals surface area contributed by atoms with E-state index in [2.05, 4.69) is 4.98 Å². The second-order valence-electron chi connectivity index (χ2n) is 3.80. The summed E-state index contributed by atoms with van der Waals surface area (Å²) >= 11 is 5.93. The van der Waals surface area contributed by atoms with E-state index in [0.717, 1.165) is 27.9 Å². The predicted molar refractivity (Wildman–Crippen MR) is 64.1 cm³/mol.